The maximum absolute atomic E-state index is 12.1. The Morgan fingerprint density at radius 1 is 1.50 bits per heavy atom. The van der Waals surface area contributed by atoms with Crippen LogP contribution in [0.2, 0.25) is 0 Å². The first-order chi connectivity index (χ1) is 6.62. The van der Waals surface area contributed by atoms with Crippen LogP contribution in [0, 0.1) is 0 Å². The van der Waals surface area contributed by atoms with Crippen molar-refractivity contribution in [2.75, 3.05) is 20.1 Å². The molecule has 0 aromatic heterocycles. The van der Waals surface area contributed by atoms with Gasteiger partial charge < -0.3 is 4.90 Å². The number of hydrogen-bond donors (Lipinski definition) is 0. The molecule has 2 fully saturated rings. The van der Waals surface area contributed by atoms with Crippen LogP contribution in [0.15, 0.2) is 4.99 Å². The minimum Gasteiger partial charge on any atom is -0.300 e. The number of likely N-dealkylation sites (tertiary alicyclic amines) is 1. The molecule has 1 amide bonds. The van der Waals surface area contributed by atoms with Crippen LogP contribution in [0.5, 0.6) is 0 Å². The molecule has 1 spiro atoms. The predicted octanol–water partition coefficient (Wildman–Crippen LogP) is 0.0936. The first-order valence-electron chi connectivity index (χ1n) is 5.23. The van der Waals surface area contributed by atoms with Crippen molar-refractivity contribution in [3.63, 3.8) is 0 Å². The minimum absolute atomic E-state index is 0.246. The maximum Gasteiger partial charge on any atom is 0.258 e. The summed E-state index contributed by atoms with van der Waals surface area (Å²) in [6, 6.07) is 0.367. The van der Waals surface area contributed by atoms with Gasteiger partial charge in [0.25, 0.3) is 5.91 Å². The molecule has 4 heteroatoms. The van der Waals surface area contributed by atoms with Gasteiger partial charge in [0.15, 0.2) is 5.54 Å². The smallest absolute Gasteiger partial charge is 0.258 e. The van der Waals surface area contributed by atoms with Gasteiger partial charge >= 0.3 is 0 Å². The lowest BCUT2D eigenvalue weighted by atomic mass is 9.90. The average molecular weight is 193 g/mol. The van der Waals surface area contributed by atoms with Crippen LogP contribution in [0.25, 0.3) is 0 Å². The molecule has 1 atom stereocenters. The number of rotatable bonds is 0. The van der Waals surface area contributed by atoms with Crippen molar-refractivity contribution >= 4 is 11.7 Å². The number of amidine groups is 1. The highest BCUT2D eigenvalue weighted by molar-refractivity contribution is 6.10. The van der Waals surface area contributed by atoms with Gasteiger partial charge in [0.05, 0.1) is 0 Å². The maximum atomic E-state index is 12.1. The summed E-state index contributed by atoms with van der Waals surface area (Å²) < 4.78 is 0. The Balaban J connectivity index is 1.93. The van der Waals surface area contributed by atoms with E-state index in [1.54, 1.807) is 0 Å². The zero-order valence-electron chi connectivity index (χ0n) is 8.66. The molecule has 4 nitrogen and oxygen atoms in total. The van der Waals surface area contributed by atoms with Gasteiger partial charge in [-0.3, -0.25) is 14.7 Å². The first-order valence-corrected chi connectivity index (χ1v) is 5.23. The van der Waals surface area contributed by atoms with Gasteiger partial charge in [0.2, 0.25) is 0 Å². The molecule has 0 bridgehead atoms. The van der Waals surface area contributed by atoms with Crippen molar-refractivity contribution in [1.29, 1.82) is 0 Å². The van der Waals surface area contributed by atoms with Crippen molar-refractivity contribution in [2.45, 2.75) is 31.3 Å². The van der Waals surface area contributed by atoms with E-state index in [1.807, 2.05) is 11.9 Å². The molecule has 0 radical (unpaired) electrons. The molecular weight excluding hydrogens is 178 g/mol. The quantitative estimate of drug-likeness (QED) is 0.547. The number of fused-ring (bicyclic) bond motifs is 1. The molecule has 0 saturated carbocycles. The number of likely N-dealkylation sites (N-methyl/N-ethyl adjacent to an activating group) is 1. The molecule has 3 rings (SSSR count). The van der Waals surface area contributed by atoms with Crippen LogP contribution >= 0.6 is 0 Å². The van der Waals surface area contributed by atoms with Crippen LogP contribution in [0.3, 0.4) is 0 Å². The number of carbonyl (C=O) groups is 1. The second-order valence-electron chi connectivity index (χ2n) is 4.79. The minimum atomic E-state index is -0.376. The van der Waals surface area contributed by atoms with Crippen LogP contribution in [0.1, 0.15) is 19.8 Å². The Bertz CT molecular complexity index is 330. The highest BCUT2D eigenvalue weighted by Crippen LogP contribution is 2.37. The normalized spacial score (nSPS) is 34.7. The molecule has 76 valence electrons. The second-order valence-corrected chi connectivity index (χ2v) is 4.79. The average Bonchev–Trinajstić information content (AvgIpc) is 2.54. The highest BCUT2D eigenvalue weighted by atomic mass is 16.2. The summed E-state index contributed by atoms with van der Waals surface area (Å²) >= 11 is 0. The molecule has 0 aromatic carbocycles. The van der Waals surface area contributed by atoms with Crippen molar-refractivity contribution in [3.8, 4) is 0 Å². The zero-order valence-corrected chi connectivity index (χ0v) is 8.66. The number of nitrogens with zero attached hydrogens (tertiary/aromatic N) is 3. The van der Waals surface area contributed by atoms with E-state index < -0.39 is 0 Å². The fraction of sp³-hybridized carbons (Fsp3) is 0.800. The molecule has 3 aliphatic rings. The van der Waals surface area contributed by atoms with E-state index in [-0.39, 0.29) is 11.4 Å². The number of aliphatic imine (C=N–C) groups is 1. The molecular formula is C10H15N3O. The van der Waals surface area contributed by atoms with Gasteiger partial charge in [-0.05, 0) is 20.4 Å². The van der Waals surface area contributed by atoms with Crippen LogP contribution in [-0.4, -0.2) is 53.3 Å². The lowest BCUT2D eigenvalue weighted by Crippen LogP contribution is -2.64. The summed E-state index contributed by atoms with van der Waals surface area (Å²) in [5, 5.41) is 0. The van der Waals surface area contributed by atoms with Crippen molar-refractivity contribution in [1.82, 2.24) is 9.80 Å². The van der Waals surface area contributed by atoms with Crippen molar-refractivity contribution < 1.29 is 4.79 Å². The molecule has 0 aliphatic carbocycles. The SMILES string of the molecule is CC1CCC2=NC3(CN(C)C3)C(=O)N21. The summed E-state index contributed by atoms with van der Waals surface area (Å²) in [5.74, 6) is 1.28. The highest BCUT2D eigenvalue weighted by Gasteiger charge is 2.56. The largest absolute Gasteiger partial charge is 0.300 e. The molecule has 0 aromatic rings. The summed E-state index contributed by atoms with van der Waals surface area (Å²) in [4.78, 5) is 20.8. The topological polar surface area (TPSA) is 35.9 Å². The zero-order chi connectivity index (χ0) is 9.92. The Morgan fingerprint density at radius 3 is 2.79 bits per heavy atom. The van der Waals surface area contributed by atoms with Crippen LogP contribution in [0.4, 0.5) is 0 Å². The fourth-order valence-electron chi connectivity index (χ4n) is 2.84. The first kappa shape index (κ1) is 8.41. The number of hydrogen-bond acceptors (Lipinski definition) is 3. The third kappa shape index (κ3) is 0.823. The van der Waals surface area contributed by atoms with Crippen molar-refractivity contribution in [3.05, 3.63) is 0 Å². The van der Waals surface area contributed by atoms with E-state index in [0.29, 0.717) is 6.04 Å². The van der Waals surface area contributed by atoms with E-state index in [4.69, 9.17) is 0 Å². The fourth-order valence-corrected chi connectivity index (χ4v) is 2.84. The molecule has 1 unspecified atom stereocenters. The van der Waals surface area contributed by atoms with E-state index in [1.165, 1.54) is 0 Å². The lowest BCUT2D eigenvalue weighted by Gasteiger charge is -2.42. The second kappa shape index (κ2) is 2.37. The third-order valence-corrected chi connectivity index (χ3v) is 3.53. The summed E-state index contributed by atoms with van der Waals surface area (Å²) in [7, 11) is 2.03. The summed E-state index contributed by atoms with van der Waals surface area (Å²) in [5.41, 5.74) is -0.376. The van der Waals surface area contributed by atoms with Crippen molar-refractivity contribution in [2.24, 2.45) is 4.99 Å². The summed E-state index contributed by atoms with van der Waals surface area (Å²) in [6.45, 7) is 3.72. The molecule has 14 heavy (non-hydrogen) atoms. The third-order valence-electron chi connectivity index (χ3n) is 3.53. The van der Waals surface area contributed by atoms with Gasteiger partial charge in [-0.1, -0.05) is 0 Å². The number of carbonyl (C=O) groups excluding carboxylic acids is 1. The molecule has 3 aliphatic heterocycles. The molecule has 0 N–H and O–H groups in total. The Hall–Kier alpha value is -0.900. The number of amides is 1. The van der Waals surface area contributed by atoms with E-state index >= 15 is 0 Å². The van der Waals surface area contributed by atoms with Gasteiger partial charge in [-0.2, -0.15) is 0 Å². The Labute approximate surface area is 83.6 Å². The van der Waals surface area contributed by atoms with Crippen LogP contribution < -0.4 is 0 Å². The summed E-state index contributed by atoms with van der Waals surface area (Å²) in [6.07, 6.45) is 2.06. The monoisotopic (exact) mass is 193 g/mol. The molecule has 3 heterocycles. The van der Waals surface area contributed by atoms with E-state index in [2.05, 4.69) is 16.8 Å². The Morgan fingerprint density at radius 2 is 2.21 bits per heavy atom. The van der Waals surface area contributed by atoms with Gasteiger partial charge in [0, 0.05) is 25.6 Å². The van der Waals surface area contributed by atoms with E-state index in [0.717, 1.165) is 31.8 Å². The van der Waals surface area contributed by atoms with Crippen LogP contribution in [-0.2, 0) is 4.79 Å². The van der Waals surface area contributed by atoms with Gasteiger partial charge in [-0.25, -0.2) is 0 Å². The predicted molar refractivity (Wildman–Crippen MR) is 53.2 cm³/mol. The van der Waals surface area contributed by atoms with E-state index in [9.17, 15) is 4.79 Å². The van der Waals surface area contributed by atoms with Gasteiger partial charge in [-0.15, -0.1) is 0 Å². The van der Waals surface area contributed by atoms with Gasteiger partial charge in [0.1, 0.15) is 5.84 Å². The Kier molecular flexibility index (Phi) is 1.42. The molecule has 2 saturated heterocycles. The lowest BCUT2D eigenvalue weighted by molar-refractivity contribution is -0.137. The standard InChI is InChI=1S/C10H15N3O/c1-7-3-4-8-11-10(5-12(2)6-10)9(14)13(7)8/h7H,3-6H2,1-2H3.